The molecule has 0 amide bonds. The van der Waals surface area contributed by atoms with E-state index in [9.17, 15) is 13.6 Å². The van der Waals surface area contributed by atoms with E-state index in [4.69, 9.17) is 0 Å². The molecule has 116 valence electrons. The molecule has 0 aliphatic carbocycles. The number of rotatable bonds is 1. The van der Waals surface area contributed by atoms with Crippen LogP contribution in [0.3, 0.4) is 0 Å². The van der Waals surface area contributed by atoms with E-state index in [0.29, 0.717) is 4.90 Å². The van der Waals surface area contributed by atoms with Crippen molar-refractivity contribution in [2.24, 2.45) is 0 Å². The van der Waals surface area contributed by atoms with Crippen LogP contribution in [-0.4, -0.2) is 21.0 Å². The molecule has 1 aliphatic heterocycles. The summed E-state index contributed by atoms with van der Waals surface area (Å²) < 4.78 is 30.5. The van der Waals surface area contributed by atoms with Crippen molar-refractivity contribution in [2.45, 2.75) is 4.90 Å². The Labute approximate surface area is 133 Å². The normalized spacial score (nSPS) is 13.9. The molecule has 0 fully saturated rings. The minimum absolute atomic E-state index is 0.0148. The van der Waals surface area contributed by atoms with Crippen LogP contribution in [0, 0.1) is 11.8 Å². The van der Waals surface area contributed by atoms with Gasteiger partial charge in [-0.1, -0.05) is 18.3 Å². The molecule has 0 atom stereocenters. The Hall–Kier alpha value is -2.61. The van der Waals surface area contributed by atoms with Crippen molar-refractivity contribution < 1.29 is 8.78 Å². The maximum Gasteiger partial charge on any atom is 0.262 e. The number of benzene rings is 1. The molecule has 23 heavy (non-hydrogen) atoms. The highest BCUT2D eigenvalue weighted by Gasteiger charge is 2.24. The maximum atomic E-state index is 14.5. The highest BCUT2D eigenvalue weighted by molar-refractivity contribution is 8.03. The van der Waals surface area contributed by atoms with Gasteiger partial charge in [-0.15, -0.1) is 0 Å². The van der Waals surface area contributed by atoms with Gasteiger partial charge in [-0.2, -0.15) is 4.39 Å². The molecule has 3 heterocycles. The lowest BCUT2D eigenvalue weighted by Crippen LogP contribution is -2.23. The average Bonchev–Trinajstić information content (AvgIpc) is 3.07. The number of imidazole rings is 1. The summed E-state index contributed by atoms with van der Waals surface area (Å²) in [6.45, 7) is 3.88. The molecule has 0 saturated heterocycles. The van der Waals surface area contributed by atoms with Gasteiger partial charge in [0.15, 0.2) is 0 Å². The predicted octanol–water partition coefficient (Wildman–Crippen LogP) is 2.78. The van der Waals surface area contributed by atoms with Crippen molar-refractivity contribution >= 4 is 23.2 Å². The van der Waals surface area contributed by atoms with Gasteiger partial charge in [-0.3, -0.25) is 9.20 Å². The van der Waals surface area contributed by atoms with Gasteiger partial charge in [0.2, 0.25) is 11.7 Å². The lowest BCUT2D eigenvalue weighted by Gasteiger charge is -2.15. The third-order valence-electron chi connectivity index (χ3n) is 3.75. The zero-order valence-corrected chi connectivity index (χ0v) is 12.8. The number of aromatic nitrogens is 3. The third-order valence-corrected chi connectivity index (χ3v) is 4.80. The molecule has 5 nitrogen and oxygen atoms in total. The van der Waals surface area contributed by atoms with Crippen LogP contribution < -0.4 is 10.5 Å². The van der Waals surface area contributed by atoms with Crippen LogP contribution in [-0.2, 0) is 0 Å². The van der Waals surface area contributed by atoms with E-state index in [1.165, 1.54) is 30.2 Å². The summed E-state index contributed by atoms with van der Waals surface area (Å²) in [6, 6.07) is 3.70. The molecule has 3 aromatic rings. The van der Waals surface area contributed by atoms with Gasteiger partial charge in [-0.05, 0) is 12.1 Å². The summed E-state index contributed by atoms with van der Waals surface area (Å²) >= 11 is 1.35. The minimum atomic E-state index is -0.749. The molecule has 0 spiro atoms. The number of hydrogen-bond acceptors (Lipinski definition) is 4. The Bertz CT molecular complexity index is 1040. The number of fused-ring (bicyclic) bond motifs is 2. The number of hydrogen-bond donors (Lipinski definition) is 0. The fourth-order valence-corrected chi connectivity index (χ4v) is 3.52. The maximum absolute atomic E-state index is 14.5. The topological polar surface area (TPSA) is 42.5 Å². The fourth-order valence-electron chi connectivity index (χ4n) is 2.57. The monoisotopic (exact) mass is 332 g/mol. The molecular formula is C15H10F2N4OS. The summed E-state index contributed by atoms with van der Waals surface area (Å²) in [7, 11) is 1.81. The van der Waals surface area contributed by atoms with E-state index in [1.54, 1.807) is 18.0 Å². The van der Waals surface area contributed by atoms with E-state index < -0.39 is 17.3 Å². The first kappa shape index (κ1) is 14.0. The van der Waals surface area contributed by atoms with Crippen LogP contribution in [0.4, 0.5) is 14.5 Å². The lowest BCUT2D eigenvalue weighted by atomic mass is 10.2. The highest BCUT2D eigenvalue weighted by atomic mass is 32.2. The largest absolute Gasteiger partial charge is 0.339 e. The van der Waals surface area contributed by atoms with E-state index in [0.717, 1.165) is 25.8 Å². The third kappa shape index (κ3) is 1.91. The Morgan fingerprint density at radius 2 is 2.00 bits per heavy atom. The van der Waals surface area contributed by atoms with E-state index in [-0.39, 0.29) is 11.5 Å². The Balaban J connectivity index is 2.05. The first-order valence-corrected chi connectivity index (χ1v) is 7.48. The van der Waals surface area contributed by atoms with Crippen LogP contribution in [0.1, 0.15) is 0 Å². The zero-order chi connectivity index (χ0) is 16.3. The molecule has 8 heteroatoms. The van der Waals surface area contributed by atoms with Gasteiger partial charge in [0.05, 0.1) is 22.5 Å². The summed E-state index contributed by atoms with van der Waals surface area (Å²) in [4.78, 5) is 18.7. The van der Waals surface area contributed by atoms with Crippen molar-refractivity contribution in [3.63, 3.8) is 0 Å². The van der Waals surface area contributed by atoms with Crippen LogP contribution in [0.15, 0.2) is 51.9 Å². The Morgan fingerprint density at radius 1 is 1.22 bits per heavy atom. The van der Waals surface area contributed by atoms with Crippen LogP contribution in [0.5, 0.6) is 0 Å². The summed E-state index contributed by atoms with van der Waals surface area (Å²) in [5.74, 6) is -1.32. The standard InChI is InChI=1S/C15H10F2N4OS/c1-8-19(2)11-6-10(9(16)5-12(11)23-8)21-14(22)7-13(17)20-4-3-18-15(20)21/h3-7H,1H2,2H3. The quantitative estimate of drug-likeness (QED) is 0.643. The second-order valence-electron chi connectivity index (χ2n) is 5.06. The number of nitrogens with zero attached hydrogens (tertiary/aromatic N) is 4. The molecule has 0 N–H and O–H groups in total. The van der Waals surface area contributed by atoms with Crippen LogP contribution >= 0.6 is 11.8 Å². The second-order valence-corrected chi connectivity index (χ2v) is 6.18. The van der Waals surface area contributed by atoms with Gasteiger partial charge >= 0.3 is 0 Å². The van der Waals surface area contributed by atoms with Crippen molar-refractivity contribution in [1.29, 1.82) is 0 Å². The SMILES string of the molecule is C=C1Sc2cc(F)c(-n3c(=O)cc(F)n4ccnc34)cc2N1C. The van der Waals surface area contributed by atoms with Gasteiger partial charge in [0.25, 0.3) is 5.56 Å². The van der Waals surface area contributed by atoms with Gasteiger partial charge in [0.1, 0.15) is 5.82 Å². The molecular weight excluding hydrogens is 322 g/mol. The van der Waals surface area contributed by atoms with Crippen LogP contribution in [0.25, 0.3) is 11.5 Å². The van der Waals surface area contributed by atoms with E-state index in [1.807, 2.05) is 0 Å². The summed E-state index contributed by atoms with van der Waals surface area (Å²) in [5, 5.41) is 0.758. The average molecular weight is 332 g/mol. The highest BCUT2D eigenvalue weighted by Crippen LogP contribution is 2.45. The molecule has 1 aliphatic rings. The lowest BCUT2D eigenvalue weighted by molar-refractivity contribution is 0.555. The molecule has 4 rings (SSSR count). The zero-order valence-electron chi connectivity index (χ0n) is 12.0. The molecule has 2 aromatic heterocycles. The van der Waals surface area contributed by atoms with Crippen molar-refractivity contribution in [3.05, 3.63) is 64.3 Å². The van der Waals surface area contributed by atoms with E-state index >= 15 is 0 Å². The molecule has 0 bridgehead atoms. The van der Waals surface area contributed by atoms with Gasteiger partial charge in [0, 0.05) is 24.3 Å². The van der Waals surface area contributed by atoms with Crippen LogP contribution in [0.2, 0.25) is 0 Å². The Morgan fingerprint density at radius 3 is 2.78 bits per heavy atom. The Kier molecular flexibility index (Phi) is 2.86. The first-order chi connectivity index (χ1) is 11.0. The van der Waals surface area contributed by atoms with Crippen molar-refractivity contribution in [1.82, 2.24) is 14.0 Å². The fraction of sp³-hybridized carbons (Fsp3) is 0.0667. The van der Waals surface area contributed by atoms with Gasteiger partial charge < -0.3 is 4.90 Å². The number of anilines is 1. The minimum Gasteiger partial charge on any atom is -0.339 e. The van der Waals surface area contributed by atoms with Crippen molar-refractivity contribution in [3.8, 4) is 5.69 Å². The summed E-state index contributed by atoms with van der Waals surface area (Å²) in [5.41, 5.74) is 0.0663. The molecule has 0 saturated carbocycles. The van der Waals surface area contributed by atoms with Gasteiger partial charge in [-0.25, -0.2) is 13.9 Å². The second kappa shape index (κ2) is 4.69. The molecule has 0 radical (unpaired) electrons. The van der Waals surface area contributed by atoms with E-state index in [2.05, 4.69) is 11.6 Å². The summed E-state index contributed by atoms with van der Waals surface area (Å²) in [6.07, 6.45) is 2.72. The predicted molar refractivity (Wildman–Crippen MR) is 84.1 cm³/mol. The first-order valence-electron chi connectivity index (χ1n) is 6.66. The van der Waals surface area contributed by atoms with Crippen molar-refractivity contribution in [2.75, 3.05) is 11.9 Å². The smallest absolute Gasteiger partial charge is 0.262 e. The molecule has 1 aromatic carbocycles. The number of thioether (sulfide) groups is 1. The number of halogens is 2. The molecule has 0 unspecified atom stereocenters.